The smallest absolute Gasteiger partial charge is 0.226 e. The first-order valence-corrected chi connectivity index (χ1v) is 7.44. The van der Waals surface area contributed by atoms with Crippen molar-refractivity contribution in [2.75, 3.05) is 16.8 Å². The zero-order valence-electron chi connectivity index (χ0n) is 12.6. The highest BCUT2D eigenvalue weighted by Gasteiger charge is 2.16. The van der Waals surface area contributed by atoms with Gasteiger partial charge in [-0.1, -0.05) is 35.9 Å². The lowest BCUT2D eigenvalue weighted by atomic mass is 10.2. The van der Waals surface area contributed by atoms with Gasteiger partial charge in [0.15, 0.2) is 0 Å². The lowest BCUT2D eigenvalue weighted by Crippen LogP contribution is -2.32. The molecule has 0 aliphatic heterocycles. The van der Waals surface area contributed by atoms with Crippen LogP contribution in [0.1, 0.15) is 13.3 Å². The van der Waals surface area contributed by atoms with Gasteiger partial charge < -0.3 is 10.2 Å². The largest absolute Gasteiger partial charge is 0.324 e. The maximum Gasteiger partial charge on any atom is 0.226 e. The van der Waals surface area contributed by atoms with Gasteiger partial charge in [0.1, 0.15) is 5.82 Å². The molecule has 2 aromatic carbocycles. The molecule has 0 aliphatic carbocycles. The predicted octanol–water partition coefficient (Wildman–Crippen LogP) is 3.86. The van der Waals surface area contributed by atoms with Crippen molar-refractivity contribution >= 4 is 34.8 Å². The first kappa shape index (κ1) is 17.0. The van der Waals surface area contributed by atoms with Gasteiger partial charge in [-0.25, -0.2) is 4.39 Å². The number of para-hydroxylation sites is 2. The van der Waals surface area contributed by atoms with E-state index in [1.807, 2.05) is 0 Å². The van der Waals surface area contributed by atoms with Crippen LogP contribution >= 0.6 is 11.6 Å². The van der Waals surface area contributed by atoms with E-state index in [9.17, 15) is 14.0 Å². The number of rotatable bonds is 5. The van der Waals surface area contributed by atoms with Crippen LogP contribution in [0, 0.1) is 5.82 Å². The summed E-state index contributed by atoms with van der Waals surface area (Å²) in [5, 5.41) is 2.91. The first-order valence-electron chi connectivity index (χ1n) is 7.06. The molecular formula is C17H16ClFN2O2. The van der Waals surface area contributed by atoms with Crippen molar-refractivity contribution in [2.45, 2.75) is 13.3 Å². The minimum absolute atomic E-state index is 0.0269. The van der Waals surface area contributed by atoms with Crippen LogP contribution in [0.4, 0.5) is 15.8 Å². The van der Waals surface area contributed by atoms with Crippen LogP contribution in [0.2, 0.25) is 5.02 Å². The van der Waals surface area contributed by atoms with Crippen molar-refractivity contribution in [1.29, 1.82) is 0 Å². The Morgan fingerprint density at radius 3 is 2.43 bits per heavy atom. The standard InChI is InChI=1S/C17H16ClFN2O2/c1-12(22)21(16-9-5-2-6-13(16)18)11-10-17(23)20-15-8-4-3-7-14(15)19/h2-9H,10-11H2,1H3,(H,20,23). The second kappa shape index (κ2) is 7.74. The zero-order valence-corrected chi connectivity index (χ0v) is 13.3. The van der Waals surface area contributed by atoms with E-state index in [1.165, 1.54) is 24.0 Å². The molecule has 0 unspecified atom stereocenters. The first-order chi connectivity index (χ1) is 11.0. The number of hydrogen-bond acceptors (Lipinski definition) is 2. The van der Waals surface area contributed by atoms with E-state index in [-0.39, 0.29) is 30.5 Å². The number of benzene rings is 2. The second-order valence-electron chi connectivity index (χ2n) is 4.90. The summed E-state index contributed by atoms with van der Waals surface area (Å²) in [4.78, 5) is 25.2. The highest BCUT2D eigenvalue weighted by Crippen LogP contribution is 2.25. The van der Waals surface area contributed by atoms with Gasteiger partial charge in [-0.2, -0.15) is 0 Å². The molecule has 6 heteroatoms. The molecule has 2 aromatic rings. The van der Waals surface area contributed by atoms with Crippen LogP contribution in [0.15, 0.2) is 48.5 Å². The molecule has 0 aliphatic rings. The topological polar surface area (TPSA) is 49.4 Å². The molecule has 0 spiro atoms. The Hall–Kier alpha value is -2.40. The third kappa shape index (κ3) is 4.53. The molecule has 2 amide bonds. The lowest BCUT2D eigenvalue weighted by molar-refractivity contribution is -0.117. The number of carbonyl (C=O) groups excluding carboxylic acids is 2. The van der Waals surface area contributed by atoms with Crippen molar-refractivity contribution in [2.24, 2.45) is 0 Å². The van der Waals surface area contributed by atoms with E-state index < -0.39 is 5.82 Å². The molecule has 0 aromatic heterocycles. The summed E-state index contributed by atoms with van der Waals surface area (Å²) in [6.07, 6.45) is 0.0269. The molecule has 2 rings (SSSR count). The molecule has 0 fully saturated rings. The molecule has 0 saturated carbocycles. The van der Waals surface area contributed by atoms with Gasteiger partial charge in [-0.05, 0) is 24.3 Å². The fraction of sp³-hybridized carbons (Fsp3) is 0.176. The van der Waals surface area contributed by atoms with Crippen molar-refractivity contribution in [3.63, 3.8) is 0 Å². The number of halogens is 2. The van der Waals surface area contributed by atoms with Gasteiger partial charge in [-0.15, -0.1) is 0 Å². The SMILES string of the molecule is CC(=O)N(CCC(=O)Nc1ccccc1F)c1ccccc1Cl. The predicted molar refractivity (Wildman–Crippen MR) is 89.1 cm³/mol. The van der Waals surface area contributed by atoms with Gasteiger partial charge >= 0.3 is 0 Å². The lowest BCUT2D eigenvalue weighted by Gasteiger charge is -2.22. The van der Waals surface area contributed by atoms with Crippen molar-refractivity contribution in [1.82, 2.24) is 0 Å². The van der Waals surface area contributed by atoms with Crippen LogP contribution < -0.4 is 10.2 Å². The summed E-state index contributed by atoms with van der Waals surface area (Å²) in [6.45, 7) is 1.55. The minimum Gasteiger partial charge on any atom is -0.324 e. The number of hydrogen-bond donors (Lipinski definition) is 1. The van der Waals surface area contributed by atoms with E-state index in [4.69, 9.17) is 11.6 Å². The number of nitrogens with zero attached hydrogens (tertiary/aromatic N) is 1. The third-order valence-electron chi connectivity index (χ3n) is 3.23. The number of carbonyl (C=O) groups is 2. The summed E-state index contributed by atoms with van der Waals surface area (Å²) < 4.78 is 13.5. The average Bonchev–Trinajstić information content (AvgIpc) is 2.51. The van der Waals surface area contributed by atoms with Gasteiger partial charge in [-0.3, -0.25) is 9.59 Å². The van der Waals surface area contributed by atoms with E-state index in [2.05, 4.69) is 5.32 Å². The normalized spacial score (nSPS) is 10.2. The second-order valence-corrected chi connectivity index (χ2v) is 5.31. The van der Waals surface area contributed by atoms with Crippen LogP contribution in [0.3, 0.4) is 0 Å². The molecule has 0 saturated heterocycles. The molecule has 0 atom stereocenters. The van der Waals surface area contributed by atoms with E-state index in [1.54, 1.807) is 36.4 Å². The molecule has 120 valence electrons. The molecule has 4 nitrogen and oxygen atoms in total. The van der Waals surface area contributed by atoms with Crippen molar-refractivity contribution in [3.05, 3.63) is 59.4 Å². The van der Waals surface area contributed by atoms with Gasteiger partial charge in [0.05, 0.1) is 16.4 Å². The Balaban J connectivity index is 2.02. The Labute approximate surface area is 138 Å². The molecular weight excluding hydrogens is 319 g/mol. The minimum atomic E-state index is -0.504. The Kier molecular flexibility index (Phi) is 5.71. The highest BCUT2D eigenvalue weighted by atomic mass is 35.5. The van der Waals surface area contributed by atoms with Crippen LogP contribution in [-0.2, 0) is 9.59 Å². The molecule has 0 heterocycles. The fourth-order valence-electron chi connectivity index (χ4n) is 2.11. The Morgan fingerprint density at radius 1 is 1.13 bits per heavy atom. The van der Waals surface area contributed by atoms with Crippen LogP contribution in [0.25, 0.3) is 0 Å². The summed E-state index contributed by atoms with van der Waals surface area (Å²) in [7, 11) is 0. The number of anilines is 2. The van der Waals surface area contributed by atoms with E-state index in [0.29, 0.717) is 10.7 Å². The van der Waals surface area contributed by atoms with Crippen LogP contribution in [0.5, 0.6) is 0 Å². The number of amides is 2. The molecule has 1 N–H and O–H groups in total. The average molecular weight is 335 g/mol. The summed E-state index contributed by atoms with van der Waals surface area (Å²) in [5.41, 5.74) is 0.657. The number of nitrogens with one attached hydrogen (secondary N) is 1. The van der Waals surface area contributed by atoms with E-state index >= 15 is 0 Å². The van der Waals surface area contributed by atoms with Gasteiger partial charge in [0.25, 0.3) is 0 Å². The Morgan fingerprint density at radius 2 is 1.78 bits per heavy atom. The monoisotopic (exact) mass is 334 g/mol. The van der Waals surface area contributed by atoms with Crippen molar-refractivity contribution in [3.8, 4) is 0 Å². The highest BCUT2D eigenvalue weighted by molar-refractivity contribution is 6.33. The van der Waals surface area contributed by atoms with Gasteiger partial charge in [0, 0.05) is 19.9 Å². The summed E-state index contributed by atoms with van der Waals surface area (Å²) in [6, 6.07) is 12.8. The maximum atomic E-state index is 13.5. The van der Waals surface area contributed by atoms with Gasteiger partial charge in [0.2, 0.25) is 11.8 Å². The summed E-state index contributed by atoms with van der Waals surface area (Å²) in [5.74, 6) is -1.11. The molecule has 0 bridgehead atoms. The summed E-state index contributed by atoms with van der Waals surface area (Å²) >= 11 is 6.08. The van der Waals surface area contributed by atoms with Crippen LogP contribution in [-0.4, -0.2) is 18.4 Å². The molecule has 23 heavy (non-hydrogen) atoms. The van der Waals surface area contributed by atoms with Crippen molar-refractivity contribution < 1.29 is 14.0 Å². The zero-order chi connectivity index (χ0) is 16.8. The van der Waals surface area contributed by atoms with E-state index in [0.717, 1.165) is 0 Å². The Bertz CT molecular complexity index is 721. The quantitative estimate of drug-likeness (QED) is 0.902. The third-order valence-corrected chi connectivity index (χ3v) is 3.55. The molecule has 0 radical (unpaired) electrons. The fourth-order valence-corrected chi connectivity index (χ4v) is 2.34. The maximum absolute atomic E-state index is 13.5.